The van der Waals surface area contributed by atoms with E-state index in [4.69, 9.17) is 0 Å². The first-order valence-electron chi connectivity index (χ1n) is 0. The Hall–Kier alpha value is 3.38. The molecule has 0 spiro atoms. The van der Waals surface area contributed by atoms with E-state index in [0.29, 0.717) is 0 Å². The van der Waals surface area contributed by atoms with Gasteiger partial charge in [0.2, 0.25) is 0 Å². The average Bonchev–Trinajstić information content (AvgIpc) is 0. The molecule has 0 saturated carbocycles. The molecule has 0 aromatic heterocycles. The molecule has 5 radical (unpaired) electrons. The molecule has 0 fully saturated rings. The summed E-state index contributed by atoms with van der Waals surface area (Å²) in [5.41, 5.74) is 0. The molecule has 0 aromatic carbocycles. The van der Waals surface area contributed by atoms with Gasteiger partial charge < -0.3 is 0 Å². The van der Waals surface area contributed by atoms with Crippen LogP contribution in [0.5, 0.6) is 0 Å². The number of rotatable bonds is 0. The maximum absolute atomic E-state index is 0. The minimum atomic E-state index is 0. The fourth-order valence-electron chi connectivity index (χ4n) is 0. The van der Waals surface area contributed by atoms with Crippen LogP contribution in [0.2, 0.25) is 0 Å². The fourth-order valence-corrected chi connectivity index (χ4v) is 0. The van der Waals surface area contributed by atoms with Crippen molar-refractivity contribution in [2.24, 2.45) is 0 Å². The molecule has 0 heterocycles. The molecule has 0 atom stereocenters. The first-order valence-corrected chi connectivity index (χ1v) is 0. The van der Waals surface area contributed by atoms with Crippen molar-refractivity contribution in [1.82, 2.24) is 0 Å². The van der Waals surface area contributed by atoms with Gasteiger partial charge in [0.15, 0.2) is 0 Å². The minimum absolute atomic E-state index is 0. The van der Waals surface area contributed by atoms with E-state index in [9.17, 15) is 0 Å². The van der Waals surface area contributed by atoms with Gasteiger partial charge in [-0.1, -0.05) is 0 Å². The predicted octanol–water partition coefficient (Wildman–Crippen LogP) is -0.772. The van der Waals surface area contributed by atoms with Crippen LogP contribution >= 0.6 is 0 Å². The SMILES string of the molecule is [Al].[Fe].[Li].[Mn].[Ni].[Ti]. The van der Waals surface area contributed by atoms with E-state index in [1.165, 1.54) is 0 Å². The zero-order chi connectivity index (χ0) is 0. The Labute approximate surface area is 107 Å². The monoisotopic (exact) mass is 251 g/mol. The third kappa shape index (κ3) is 26.3. The van der Waals surface area contributed by atoms with Crippen molar-refractivity contribution >= 4 is 36.2 Å². The molecular formula is AlFeLiMnNiTi. The molecule has 6 heteroatoms. The van der Waals surface area contributed by atoms with Gasteiger partial charge in [-0.2, -0.15) is 0 Å². The second-order valence-corrected chi connectivity index (χ2v) is 0. The standard InChI is InChI=1S/Al.Fe.Li.Mn.Ni.Ti. The Morgan fingerprint density at radius 2 is 1.00 bits per heavy atom. The molecule has 0 rings (SSSR count). The summed E-state index contributed by atoms with van der Waals surface area (Å²) in [7, 11) is 0. The third-order valence-corrected chi connectivity index (χ3v) is 0. The Bertz CT molecular complexity index is 15.5. The van der Waals surface area contributed by atoms with Crippen molar-refractivity contribution in [2.45, 2.75) is 0 Å². The molecule has 0 aliphatic heterocycles. The summed E-state index contributed by atoms with van der Waals surface area (Å²) >= 11 is 0. The van der Waals surface area contributed by atoms with Gasteiger partial charge in [0.05, 0.1) is 0 Å². The molecular weight excluding hydrogens is 251 g/mol. The maximum Gasteiger partial charge on any atom is 0 e. The van der Waals surface area contributed by atoms with Crippen LogP contribution in [0, 0.1) is 0 Å². The molecule has 6 heavy (non-hydrogen) atoms. The summed E-state index contributed by atoms with van der Waals surface area (Å²) in [6, 6.07) is 0. The molecule has 0 aliphatic rings. The third-order valence-electron chi connectivity index (χ3n) is 0. The van der Waals surface area contributed by atoms with E-state index in [1.807, 2.05) is 0 Å². The summed E-state index contributed by atoms with van der Waals surface area (Å²) < 4.78 is 0. The molecule has 0 aliphatic carbocycles. The van der Waals surface area contributed by atoms with Crippen molar-refractivity contribution in [1.29, 1.82) is 0 Å². The average molecular weight is 251 g/mol. The van der Waals surface area contributed by atoms with Crippen LogP contribution in [-0.2, 0) is 72.3 Å². The topological polar surface area (TPSA) is 0 Å². The van der Waals surface area contributed by atoms with Crippen LogP contribution in [0.1, 0.15) is 0 Å². The summed E-state index contributed by atoms with van der Waals surface area (Å²) in [5.74, 6) is 0. The first kappa shape index (κ1) is 57.7. The maximum atomic E-state index is 0. The molecule has 0 saturated heterocycles. The van der Waals surface area contributed by atoms with E-state index in [2.05, 4.69) is 0 Å². The van der Waals surface area contributed by atoms with Gasteiger partial charge >= 0.3 is 0 Å². The molecule has 0 amide bonds. The van der Waals surface area contributed by atoms with Crippen LogP contribution in [0.15, 0.2) is 0 Å². The Morgan fingerprint density at radius 1 is 1.00 bits per heavy atom. The molecule has 0 nitrogen and oxygen atoms in total. The molecule has 0 unspecified atom stereocenters. The molecule has 33 valence electrons. The van der Waals surface area contributed by atoms with E-state index in [-0.39, 0.29) is 109 Å². The zero-order valence-electron chi connectivity index (χ0n) is 3.13. The second-order valence-electron chi connectivity index (χ2n) is 0. The van der Waals surface area contributed by atoms with Gasteiger partial charge in [0.25, 0.3) is 0 Å². The van der Waals surface area contributed by atoms with Crippen molar-refractivity contribution in [3.05, 3.63) is 0 Å². The summed E-state index contributed by atoms with van der Waals surface area (Å²) in [6.45, 7) is 0. The van der Waals surface area contributed by atoms with Gasteiger partial charge in [-0.25, -0.2) is 0 Å². The van der Waals surface area contributed by atoms with E-state index in [1.54, 1.807) is 0 Å². The predicted molar refractivity (Wildman–Crippen MR) is 11.5 cm³/mol. The van der Waals surface area contributed by atoms with Gasteiger partial charge in [-0.05, 0) is 0 Å². The Morgan fingerprint density at radius 3 is 1.00 bits per heavy atom. The van der Waals surface area contributed by atoms with Gasteiger partial charge in [0, 0.05) is 109 Å². The quantitative estimate of drug-likeness (QED) is 0.496. The Kier molecular flexibility index (Phi) is 384. The molecule has 0 aromatic rings. The van der Waals surface area contributed by atoms with Crippen LogP contribution in [0.3, 0.4) is 0 Å². The van der Waals surface area contributed by atoms with E-state index in [0.717, 1.165) is 0 Å². The van der Waals surface area contributed by atoms with Crippen molar-refractivity contribution in [3.63, 3.8) is 0 Å². The number of hydrogen-bond acceptors (Lipinski definition) is 0. The van der Waals surface area contributed by atoms with E-state index < -0.39 is 0 Å². The smallest absolute Gasteiger partial charge is 0 e. The first-order chi connectivity index (χ1) is 0. The van der Waals surface area contributed by atoms with Crippen LogP contribution in [0.25, 0.3) is 0 Å². The normalized spacial score (nSPS) is 0. The van der Waals surface area contributed by atoms with Gasteiger partial charge in [0.1, 0.15) is 0 Å². The summed E-state index contributed by atoms with van der Waals surface area (Å²) in [5, 5.41) is 0. The number of hydrogen-bond donors (Lipinski definition) is 0. The van der Waals surface area contributed by atoms with Gasteiger partial charge in [-0.15, -0.1) is 0 Å². The van der Waals surface area contributed by atoms with E-state index >= 15 is 0 Å². The minimum Gasteiger partial charge on any atom is 0 e. The second kappa shape index (κ2) is 40.0. The Balaban J connectivity index is 0. The largest absolute Gasteiger partial charge is 0 e. The zero-order valence-corrected chi connectivity index (χ0v) is 9.11. The summed E-state index contributed by atoms with van der Waals surface area (Å²) in [4.78, 5) is 0. The molecule has 0 N–H and O–H groups in total. The summed E-state index contributed by atoms with van der Waals surface area (Å²) in [6.07, 6.45) is 0. The fraction of sp³-hybridized carbons (Fsp3) is 0. The van der Waals surface area contributed by atoms with Crippen molar-refractivity contribution in [3.8, 4) is 0 Å². The molecule has 0 bridgehead atoms. The van der Waals surface area contributed by atoms with Crippen molar-refractivity contribution in [2.75, 3.05) is 0 Å². The van der Waals surface area contributed by atoms with Crippen molar-refractivity contribution < 1.29 is 72.3 Å². The van der Waals surface area contributed by atoms with Crippen LogP contribution < -0.4 is 0 Å². The van der Waals surface area contributed by atoms with Crippen LogP contribution in [0.4, 0.5) is 0 Å². The van der Waals surface area contributed by atoms with Gasteiger partial charge in [-0.3, -0.25) is 0 Å². The van der Waals surface area contributed by atoms with Crippen LogP contribution in [-0.4, -0.2) is 36.2 Å².